The summed E-state index contributed by atoms with van der Waals surface area (Å²) in [6.45, 7) is 3.46. The fourth-order valence-electron chi connectivity index (χ4n) is 3.10. The monoisotopic (exact) mass is 384 g/mol. The van der Waals surface area contributed by atoms with E-state index in [1.165, 1.54) is 13.1 Å². The third-order valence-corrected chi connectivity index (χ3v) is 4.81. The number of anilines is 1. The van der Waals surface area contributed by atoms with Gasteiger partial charge in [0, 0.05) is 33.2 Å². The fraction of sp³-hybridized carbons (Fsp3) is 0.350. The molecular weight excluding hydrogens is 360 g/mol. The van der Waals surface area contributed by atoms with Crippen molar-refractivity contribution in [1.29, 1.82) is 0 Å². The van der Waals surface area contributed by atoms with Crippen LogP contribution in [0.2, 0.25) is 0 Å². The number of morpholine rings is 1. The highest BCUT2D eigenvalue weighted by molar-refractivity contribution is 6.09. The molecule has 0 spiro atoms. The summed E-state index contributed by atoms with van der Waals surface area (Å²) >= 11 is 0. The first-order valence-electron chi connectivity index (χ1n) is 9.16. The minimum atomic E-state index is -0.656. The van der Waals surface area contributed by atoms with Crippen molar-refractivity contribution >= 4 is 17.7 Å². The van der Waals surface area contributed by atoms with Gasteiger partial charge in [-0.05, 0) is 11.6 Å². The van der Waals surface area contributed by atoms with Crippen LogP contribution >= 0.6 is 0 Å². The summed E-state index contributed by atoms with van der Waals surface area (Å²) in [7, 11) is 1.46. The zero-order valence-electron chi connectivity index (χ0n) is 15.8. The molecule has 2 heterocycles. The van der Waals surface area contributed by atoms with Crippen LogP contribution in [0.15, 0.2) is 46.0 Å². The molecule has 0 bridgehead atoms. The van der Waals surface area contributed by atoms with Gasteiger partial charge in [0.05, 0.1) is 13.2 Å². The highest BCUT2D eigenvalue weighted by atomic mass is 16.5. The number of hydrogen-bond acceptors (Lipinski definition) is 6. The molecule has 0 atom stereocenters. The van der Waals surface area contributed by atoms with Gasteiger partial charge < -0.3 is 10.5 Å². The number of aromatic nitrogens is 2. The highest BCUT2D eigenvalue weighted by Crippen LogP contribution is 2.08. The summed E-state index contributed by atoms with van der Waals surface area (Å²) in [5, 5.41) is 0. The second-order valence-electron chi connectivity index (χ2n) is 6.62. The number of nitrogen functional groups attached to an aromatic ring is 1. The van der Waals surface area contributed by atoms with Gasteiger partial charge in [-0.1, -0.05) is 36.4 Å². The van der Waals surface area contributed by atoms with Gasteiger partial charge in [0.15, 0.2) is 5.78 Å². The van der Waals surface area contributed by atoms with Crippen LogP contribution in [0.5, 0.6) is 0 Å². The van der Waals surface area contributed by atoms with Gasteiger partial charge in [-0.2, -0.15) is 0 Å². The third kappa shape index (κ3) is 4.29. The number of allylic oxidation sites excluding steroid dienone is 1. The third-order valence-electron chi connectivity index (χ3n) is 4.81. The second-order valence-corrected chi connectivity index (χ2v) is 6.62. The largest absolute Gasteiger partial charge is 0.384 e. The molecule has 1 aliphatic rings. The Morgan fingerprint density at radius 1 is 1.14 bits per heavy atom. The average molecular weight is 384 g/mol. The number of nitrogens with zero attached hydrogens (tertiary/aromatic N) is 3. The minimum Gasteiger partial charge on any atom is -0.384 e. The van der Waals surface area contributed by atoms with Crippen LogP contribution in [-0.2, 0) is 18.3 Å². The van der Waals surface area contributed by atoms with Crippen molar-refractivity contribution in [3.05, 3.63) is 68.4 Å². The molecule has 0 aliphatic carbocycles. The number of carbonyl (C=O) groups excluding carboxylic acids is 1. The topological polar surface area (TPSA) is 99.6 Å². The van der Waals surface area contributed by atoms with E-state index in [-0.39, 0.29) is 17.9 Å². The first-order valence-corrected chi connectivity index (χ1v) is 9.16. The van der Waals surface area contributed by atoms with Crippen molar-refractivity contribution in [3.63, 3.8) is 0 Å². The van der Waals surface area contributed by atoms with E-state index >= 15 is 0 Å². The number of hydrogen-bond donors (Lipinski definition) is 1. The molecule has 0 amide bonds. The molecule has 2 aromatic rings. The number of ether oxygens (including phenoxy) is 1. The van der Waals surface area contributed by atoms with Crippen LogP contribution in [-0.4, -0.2) is 52.7 Å². The summed E-state index contributed by atoms with van der Waals surface area (Å²) in [6.07, 6.45) is 2.92. The first kappa shape index (κ1) is 19.8. The van der Waals surface area contributed by atoms with Crippen LogP contribution in [0.25, 0.3) is 6.08 Å². The highest BCUT2D eigenvalue weighted by Gasteiger charge is 2.20. The molecule has 1 fully saturated rings. The predicted octanol–water partition coefficient (Wildman–Crippen LogP) is 0.358. The summed E-state index contributed by atoms with van der Waals surface area (Å²) in [4.78, 5) is 40.1. The van der Waals surface area contributed by atoms with Crippen molar-refractivity contribution in [1.82, 2.24) is 14.0 Å². The number of rotatable bonds is 6. The van der Waals surface area contributed by atoms with Gasteiger partial charge in [0.1, 0.15) is 11.4 Å². The molecule has 148 valence electrons. The number of benzene rings is 1. The summed E-state index contributed by atoms with van der Waals surface area (Å²) in [5.74, 6) is -0.651. The van der Waals surface area contributed by atoms with Gasteiger partial charge in [-0.25, -0.2) is 4.79 Å². The molecule has 1 aromatic carbocycles. The molecule has 3 rings (SSSR count). The van der Waals surface area contributed by atoms with E-state index in [0.717, 1.165) is 27.8 Å². The lowest BCUT2D eigenvalue weighted by atomic mass is 10.1. The van der Waals surface area contributed by atoms with Gasteiger partial charge in [-0.15, -0.1) is 0 Å². The fourth-order valence-corrected chi connectivity index (χ4v) is 3.10. The zero-order valence-corrected chi connectivity index (χ0v) is 15.8. The number of ketones is 1. The van der Waals surface area contributed by atoms with Crippen LogP contribution in [0.1, 0.15) is 15.9 Å². The molecule has 8 nitrogen and oxygen atoms in total. The molecular formula is C20H24N4O4. The van der Waals surface area contributed by atoms with Gasteiger partial charge in [0.25, 0.3) is 5.56 Å². The van der Waals surface area contributed by atoms with E-state index in [9.17, 15) is 14.4 Å². The lowest BCUT2D eigenvalue weighted by molar-refractivity contribution is 0.0361. The predicted molar refractivity (Wildman–Crippen MR) is 107 cm³/mol. The number of nitrogens with two attached hydrogens (primary N) is 1. The maximum absolute atomic E-state index is 12.9. The Morgan fingerprint density at radius 3 is 2.50 bits per heavy atom. The average Bonchev–Trinajstić information content (AvgIpc) is 2.72. The van der Waals surface area contributed by atoms with E-state index in [1.54, 1.807) is 6.08 Å². The van der Waals surface area contributed by atoms with E-state index in [1.807, 2.05) is 30.3 Å². The Hall–Kier alpha value is -2.97. The van der Waals surface area contributed by atoms with Crippen molar-refractivity contribution in [2.75, 3.05) is 38.6 Å². The minimum absolute atomic E-state index is 0.125. The van der Waals surface area contributed by atoms with Crippen molar-refractivity contribution in [2.24, 2.45) is 7.05 Å². The molecule has 1 saturated heterocycles. The second kappa shape index (κ2) is 8.81. The van der Waals surface area contributed by atoms with E-state index in [4.69, 9.17) is 10.5 Å². The normalized spacial score (nSPS) is 15.2. The van der Waals surface area contributed by atoms with E-state index in [2.05, 4.69) is 4.90 Å². The quantitative estimate of drug-likeness (QED) is 0.570. The van der Waals surface area contributed by atoms with Crippen molar-refractivity contribution in [2.45, 2.75) is 6.54 Å². The molecule has 2 N–H and O–H groups in total. The zero-order chi connectivity index (χ0) is 20.1. The van der Waals surface area contributed by atoms with Gasteiger partial charge in [-0.3, -0.25) is 23.6 Å². The first-order chi connectivity index (χ1) is 13.5. The maximum Gasteiger partial charge on any atom is 0.332 e. The van der Waals surface area contributed by atoms with Crippen molar-refractivity contribution < 1.29 is 9.53 Å². The summed E-state index contributed by atoms with van der Waals surface area (Å²) in [6, 6.07) is 9.26. The summed E-state index contributed by atoms with van der Waals surface area (Å²) < 4.78 is 7.53. The summed E-state index contributed by atoms with van der Waals surface area (Å²) in [5.41, 5.74) is 5.39. The van der Waals surface area contributed by atoms with Crippen LogP contribution in [0.3, 0.4) is 0 Å². The Morgan fingerprint density at radius 2 is 1.82 bits per heavy atom. The Labute approximate surface area is 162 Å². The molecule has 1 aromatic heterocycles. The molecule has 1 aliphatic heterocycles. The molecule has 0 radical (unpaired) electrons. The standard InChI is InChI=1S/C20H24N4O4/c1-22-18(21)17(16(25)8-7-15-5-3-2-4-6-15)19(26)24(20(22)27)10-9-23-11-13-28-14-12-23/h2-8H,9-14,21H2,1H3/b8-7+. The molecule has 28 heavy (non-hydrogen) atoms. The lowest BCUT2D eigenvalue weighted by Gasteiger charge is -2.26. The lowest BCUT2D eigenvalue weighted by Crippen LogP contribution is -2.46. The maximum atomic E-state index is 12.9. The van der Waals surface area contributed by atoms with Crippen molar-refractivity contribution in [3.8, 4) is 0 Å². The molecule has 0 saturated carbocycles. The van der Waals surface area contributed by atoms with Gasteiger partial charge in [0.2, 0.25) is 0 Å². The number of carbonyl (C=O) groups is 1. The van der Waals surface area contributed by atoms with Crippen LogP contribution in [0, 0.1) is 0 Å². The SMILES string of the molecule is Cn1c(N)c(C(=O)/C=C/c2ccccc2)c(=O)n(CCN2CCOCC2)c1=O. The van der Waals surface area contributed by atoms with E-state index < -0.39 is 17.0 Å². The molecule has 8 heteroatoms. The van der Waals surface area contributed by atoms with Crippen LogP contribution in [0.4, 0.5) is 5.82 Å². The molecule has 0 unspecified atom stereocenters. The Balaban J connectivity index is 1.89. The smallest absolute Gasteiger partial charge is 0.332 e. The van der Waals surface area contributed by atoms with Crippen LogP contribution < -0.4 is 17.0 Å². The Kier molecular flexibility index (Phi) is 6.23. The Bertz CT molecular complexity index is 986. The van der Waals surface area contributed by atoms with E-state index in [0.29, 0.717) is 19.8 Å². The van der Waals surface area contributed by atoms with Gasteiger partial charge >= 0.3 is 5.69 Å².